The minimum absolute atomic E-state index is 0.0196. The summed E-state index contributed by atoms with van der Waals surface area (Å²) in [7, 11) is 4.28. The van der Waals surface area contributed by atoms with Gasteiger partial charge in [-0.2, -0.15) is 0 Å². The first-order valence-corrected chi connectivity index (χ1v) is 7.51. The van der Waals surface area contributed by atoms with E-state index in [0.29, 0.717) is 26.3 Å². The molecule has 1 amide bonds. The number of rotatable bonds is 1. The maximum Gasteiger partial charge on any atom is 0.332 e. The molecule has 0 spiro atoms. The lowest BCUT2D eigenvalue weighted by molar-refractivity contribution is 0.0304. The van der Waals surface area contributed by atoms with Gasteiger partial charge in [0.25, 0.3) is 17.0 Å². The normalized spacial score (nSPS) is 15.0. The molecule has 0 bridgehead atoms. The van der Waals surface area contributed by atoms with E-state index in [1.54, 1.807) is 4.90 Å². The van der Waals surface area contributed by atoms with E-state index in [2.05, 4.69) is 0 Å². The van der Waals surface area contributed by atoms with Gasteiger partial charge in [-0.25, -0.2) is 4.79 Å². The van der Waals surface area contributed by atoms with Crippen molar-refractivity contribution in [3.8, 4) is 0 Å². The number of nitrogens with zero attached hydrogens (tertiary/aromatic N) is 4. The van der Waals surface area contributed by atoms with Gasteiger partial charge in [0.05, 0.1) is 24.2 Å². The molecule has 9 nitrogen and oxygen atoms in total. The third-order valence-corrected chi connectivity index (χ3v) is 4.35. The predicted octanol–water partition coefficient (Wildman–Crippen LogP) is -1.59. The first kappa shape index (κ1) is 16.2. The number of pyridine rings is 1. The minimum atomic E-state index is -0.597. The number of amides is 1. The van der Waals surface area contributed by atoms with Crippen LogP contribution in [-0.4, -0.2) is 50.8 Å². The molecule has 0 radical (unpaired) electrons. The summed E-state index contributed by atoms with van der Waals surface area (Å²) < 4.78 is 8.56. The Morgan fingerprint density at radius 1 is 1.00 bits per heavy atom. The molecule has 0 unspecified atom stereocenters. The Balaban J connectivity index is 2.39. The highest BCUT2D eigenvalue weighted by atomic mass is 16.5. The van der Waals surface area contributed by atoms with Crippen LogP contribution < -0.4 is 16.8 Å². The SMILES string of the molecule is Cn1c(=O)c2c(C(=O)N3CCOCC3)cc(=O)n(C)c2n(C)c1=O. The van der Waals surface area contributed by atoms with E-state index in [1.807, 2.05) is 0 Å². The Labute approximate surface area is 136 Å². The van der Waals surface area contributed by atoms with Crippen molar-refractivity contribution in [1.29, 1.82) is 0 Å². The number of aryl methyl sites for hydroxylation is 2. The van der Waals surface area contributed by atoms with Gasteiger partial charge < -0.3 is 9.64 Å². The van der Waals surface area contributed by atoms with Gasteiger partial charge in [-0.1, -0.05) is 0 Å². The van der Waals surface area contributed by atoms with Crippen LogP contribution in [-0.2, 0) is 25.9 Å². The molecule has 128 valence electrons. The van der Waals surface area contributed by atoms with E-state index in [1.165, 1.54) is 30.3 Å². The van der Waals surface area contributed by atoms with E-state index in [0.717, 1.165) is 10.6 Å². The largest absolute Gasteiger partial charge is 0.378 e. The lowest BCUT2D eigenvalue weighted by Gasteiger charge is -2.27. The minimum Gasteiger partial charge on any atom is -0.378 e. The number of morpholine rings is 1. The second-order valence-corrected chi connectivity index (χ2v) is 5.76. The van der Waals surface area contributed by atoms with Gasteiger partial charge >= 0.3 is 5.69 Å². The standard InChI is InChI=1S/C15H18N4O5/c1-16-10(20)8-9(13(21)19-4-6-24-7-5-19)11-12(16)17(2)15(23)18(3)14(11)22/h8H,4-7H2,1-3H3. The van der Waals surface area contributed by atoms with Gasteiger partial charge in [-0.15, -0.1) is 0 Å². The molecular formula is C15H18N4O5. The van der Waals surface area contributed by atoms with Gasteiger partial charge in [0.2, 0.25) is 0 Å². The molecule has 1 fully saturated rings. The summed E-state index contributed by atoms with van der Waals surface area (Å²) in [6, 6.07) is 1.16. The summed E-state index contributed by atoms with van der Waals surface area (Å²) in [5.74, 6) is -0.406. The summed E-state index contributed by atoms with van der Waals surface area (Å²) in [5.41, 5.74) is -1.46. The van der Waals surface area contributed by atoms with Crippen LogP contribution in [0.15, 0.2) is 20.4 Å². The zero-order valence-electron chi connectivity index (χ0n) is 13.7. The van der Waals surface area contributed by atoms with Crippen LogP contribution in [0.25, 0.3) is 11.0 Å². The topological polar surface area (TPSA) is 95.5 Å². The number of hydrogen-bond donors (Lipinski definition) is 0. The zero-order valence-corrected chi connectivity index (χ0v) is 13.7. The molecule has 1 aliphatic heterocycles. The fourth-order valence-electron chi connectivity index (χ4n) is 2.96. The molecule has 9 heteroatoms. The number of hydrogen-bond acceptors (Lipinski definition) is 5. The maximum absolute atomic E-state index is 12.8. The molecule has 0 N–H and O–H groups in total. The molecule has 2 aromatic heterocycles. The average molecular weight is 334 g/mol. The highest BCUT2D eigenvalue weighted by Crippen LogP contribution is 2.14. The molecule has 2 aromatic rings. The van der Waals surface area contributed by atoms with Crippen molar-refractivity contribution >= 4 is 16.9 Å². The molecule has 3 heterocycles. The Bertz CT molecular complexity index is 1010. The first-order chi connectivity index (χ1) is 11.3. The molecule has 24 heavy (non-hydrogen) atoms. The van der Waals surface area contributed by atoms with Crippen molar-refractivity contribution in [3.05, 3.63) is 42.8 Å². The molecule has 0 saturated carbocycles. The van der Waals surface area contributed by atoms with Crippen molar-refractivity contribution in [2.24, 2.45) is 21.1 Å². The van der Waals surface area contributed by atoms with Gasteiger partial charge in [-0.3, -0.25) is 28.1 Å². The van der Waals surface area contributed by atoms with Crippen LogP contribution in [0.4, 0.5) is 0 Å². The Kier molecular flexibility index (Phi) is 3.88. The van der Waals surface area contributed by atoms with Crippen LogP contribution in [0.3, 0.4) is 0 Å². The number of ether oxygens (including phenoxy) is 1. The monoisotopic (exact) mass is 334 g/mol. The van der Waals surface area contributed by atoms with Gasteiger partial charge in [-0.05, 0) is 0 Å². The van der Waals surface area contributed by atoms with Crippen molar-refractivity contribution < 1.29 is 9.53 Å². The highest BCUT2D eigenvalue weighted by molar-refractivity contribution is 6.05. The molecular weight excluding hydrogens is 316 g/mol. The van der Waals surface area contributed by atoms with Gasteiger partial charge in [0, 0.05) is 40.3 Å². The third kappa shape index (κ3) is 2.28. The molecule has 0 aliphatic carbocycles. The number of carbonyl (C=O) groups is 1. The highest BCUT2D eigenvalue weighted by Gasteiger charge is 2.25. The molecule has 0 aromatic carbocycles. The summed E-state index contributed by atoms with van der Waals surface area (Å²) in [4.78, 5) is 51.4. The third-order valence-electron chi connectivity index (χ3n) is 4.35. The van der Waals surface area contributed by atoms with Crippen molar-refractivity contribution in [2.75, 3.05) is 26.3 Å². The second-order valence-electron chi connectivity index (χ2n) is 5.76. The fourth-order valence-corrected chi connectivity index (χ4v) is 2.96. The summed E-state index contributed by atoms with van der Waals surface area (Å²) in [6.45, 7) is 1.60. The quantitative estimate of drug-likeness (QED) is 0.626. The van der Waals surface area contributed by atoms with Crippen LogP contribution in [0.1, 0.15) is 10.4 Å². The smallest absolute Gasteiger partial charge is 0.332 e. The zero-order chi connectivity index (χ0) is 17.6. The lowest BCUT2D eigenvalue weighted by atomic mass is 10.1. The lowest BCUT2D eigenvalue weighted by Crippen LogP contribution is -2.44. The molecule has 3 rings (SSSR count). The molecule has 1 aliphatic rings. The number of fused-ring (bicyclic) bond motifs is 1. The van der Waals surface area contributed by atoms with E-state index in [9.17, 15) is 19.2 Å². The van der Waals surface area contributed by atoms with Crippen LogP contribution >= 0.6 is 0 Å². The van der Waals surface area contributed by atoms with Crippen molar-refractivity contribution in [3.63, 3.8) is 0 Å². The summed E-state index contributed by atoms with van der Waals surface area (Å²) in [6.07, 6.45) is 0. The van der Waals surface area contributed by atoms with Crippen LogP contribution in [0.5, 0.6) is 0 Å². The van der Waals surface area contributed by atoms with E-state index in [4.69, 9.17) is 4.74 Å². The summed E-state index contributed by atoms with van der Waals surface area (Å²) in [5, 5.41) is 0.0678. The van der Waals surface area contributed by atoms with E-state index in [-0.39, 0.29) is 16.6 Å². The van der Waals surface area contributed by atoms with E-state index < -0.39 is 22.7 Å². The van der Waals surface area contributed by atoms with Crippen molar-refractivity contribution in [1.82, 2.24) is 18.6 Å². The average Bonchev–Trinajstić information content (AvgIpc) is 2.60. The Hall–Kier alpha value is -2.68. The predicted molar refractivity (Wildman–Crippen MR) is 86.4 cm³/mol. The van der Waals surface area contributed by atoms with Crippen LogP contribution in [0, 0.1) is 0 Å². The van der Waals surface area contributed by atoms with E-state index >= 15 is 0 Å². The Morgan fingerprint density at radius 3 is 2.25 bits per heavy atom. The van der Waals surface area contributed by atoms with Crippen molar-refractivity contribution in [2.45, 2.75) is 0 Å². The van der Waals surface area contributed by atoms with Crippen LogP contribution in [0.2, 0.25) is 0 Å². The second kappa shape index (κ2) is 5.75. The Morgan fingerprint density at radius 2 is 1.62 bits per heavy atom. The molecule has 0 atom stereocenters. The van der Waals surface area contributed by atoms with Gasteiger partial charge in [0.15, 0.2) is 0 Å². The first-order valence-electron chi connectivity index (χ1n) is 7.51. The number of carbonyl (C=O) groups excluding carboxylic acids is 1. The summed E-state index contributed by atoms with van der Waals surface area (Å²) >= 11 is 0. The molecule has 1 saturated heterocycles. The van der Waals surface area contributed by atoms with Gasteiger partial charge in [0.1, 0.15) is 5.65 Å². The maximum atomic E-state index is 12.8. The fraction of sp³-hybridized carbons (Fsp3) is 0.467. The number of aromatic nitrogens is 3.